The van der Waals surface area contributed by atoms with Crippen molar-refractivity contribution >= 4 is 0 Å². The van der Waals surface area contributed by atoms with E-state index < -0.39 is 0 Å². The van der Waals surface area contributed by atoms with Crippen molar-refractivity contribution in [3.05, 3.63) is 0 Å². The van der Waals surface area contributed by atoms with Crippen LogP contribution in [0.5, 0.6) is 0 Å². The second-order valence-corrected chi connectivity index (χ2v) is 4.61. The Hall–Kier alpha value is -0.160. The van der Waals surface area contributed by atoms with Crippen molar-refractivity contribution in [1.82, 2.24) is 5.32 Å². The van der Waals surface area contributed by atoms with Gasteiger partial charge < -0.3 is 20.5 Å². The van der Waals surface area contributed by atoms with E-state index in [1.807, 2.05) is 0 Å². The summed E-state index contributed by atoms with van der Waals surface area (Å²) in [6.45, 7) is 2.29. The Morgan fingerprint density at radius 2 is 2.06 bits per heavy atom. The Labute approximate surface area is 98.9 Å². The number of ether oxygens (including phenoxy) is 2. The van der Waals surface area contributed by atoms with Crippen LogP contribution in [0.1, 0.15) is 25.7 Å². The number of methoxy groups -OCH3 is 2. The first-order valence-electron chi connectivity index (χ1n) is 6.27. The lowest BCUT2D eigenvalue weighted by Crippen LogP contribution is -2.45. The second-order valence-electron chi connectivity index (χ2n) is 4.61. The highest BCUT2D eigenvalue weighted by molar-refractivity contribution is 4.82. The molecular weight excluding hydrogens is 204 g/mol. The number of rotatable bonds is 7. The van der Waals surface area contributed by atoms with Gasteiger partial charge in [-0.25, -0.2) is 0 Å². The molecule has 0 heterocycles. The van der Waals surface area contributed by atoms with Crippen molar-refractivity contribution in [3.63, 3.8) is 0 Å². The van der Waals surface area contributed by atoms with Gasteiger partial charge in [0.2, 0.25) is 0 Å². The molecule has 1 rings (SSSR count). The molecule has 1 saturated carbocycles. The molecule has 3 unspecified atom stereocenters. The van der Waals surface area contributed by atoms with Crippen molar-refractivity contribution < 1.29 is 9.47 Å². The summed E-state index contributed by atoms with van der Waals surface area (Å²) in [6.07, 6.45) is 5.29. The SMILES string of the molecule is COCC(CNC1CCCCC1CN)OC. The Morgan fingerprint density at radius 1 is 1.31 bits per heavy atom. The molecule has 1 aliphatic rings. The maximum absolute atomic E-state index is 5.80. The fourth-order valence-electron chi connectivity index (χ4n) is 2.44. The van der Waals surface area contributed by atoms with E-state index >= 15 is 0 Å². The number of hydrogen-bond acceptors (Lipinski definition) is 4. The first-order chi connectivity index (χ1) is 7.81. The molecule has 96 valence electrons. The maximum atomic E-state index is 5.80. The standard InChI is InChI=1S/C12H26N2O2/c1-15-9-11(16-2)8-14-12-6-4-3-5-10(12)7-13/h10-12,14H,3-9,13H2,1-2H3. The Bertz CT molecular complexity index is 178. The molecular formula is C12H26N2O2. The zero-order valence-corrected chi connectivity index (χ0v) is 10.6. The van der Waals surface area contributed by atoms with Crippen LogP contribution < -0.4 is 11.1 Å². The van der Waals surface area contributed by atoms with E-state index in [0.29, 0.717) is 18.6 Å². The highest BCUT2D eigenvalue weighted by Crippen LogP contribution is 2.23. The molecule has 3 N–H and O–H groups in total. The number of hydrogen-bond donors (Lipinski definition) is 2. The van der Waals surface area contributed by atoms with Crippen LogP contribution in [-0.4, -0.2) is 46.1 Å². The zero-order chi connectivity index (χ0) is 11.8. The van der Waals surface area contributed by atoms with Gasteiger partial charge in [-0.15, -0.1) is 0 Å². The molecule has 1 fully saturated rings. The minimum absolute atomic E-state index is 0.144. The van der Waals surface area contributed by atoms with Gasteiger partial charge in [0.1, 0.15) is 0 Å². The highest BCUT2D eigenvalue weighted by atomic mass is 16.5. The van der Waals surface area contributed by atoms with Gasteiger partial charge in [0.25, 0.3) is 0 Å². The zero-order valence-electron chi connectivity index (χ0n) is 10.6. The molecule has 0 saturated heterocycles. The quantitative estimate of drug-likeness (QED) is 0.678. The van der Waals surface area contributed by atoms with Gasteiger partial charge in [0, 0.05) is 26.8 Å². The van der Waals surface area contributed by atoms with Crippen molar-refractivity contribution in [1.29, 1.82) is 0 Å². The van der Waals surface area contributed by atoms with Crippen LogP contribution in [0, 0.1) is 5.92 Å². The van der Waals surface area contributed by atoms with Crippen molar-refractivity contribution in [2.45, 2.75) is 37.8 Å². The molecule has 0 radical (unpaired) electrons. The van der Waals surface area contributed by atoms with E-state index in [9.17, 15) is 0 Å². The minimum Gasteiger partial charge on any atom is -0.382 e. The summed E-state index contributed by atoms with van der Waals surface area (Å²) in [5.41, 5.74) is 5.80. The number of nitrogens with one attached hydrogen (secondary N) is 1. The third kappa shape index (κ3) is 4.37. The summed E-state index contributed by atoms with van der Waals surface area (Å²) >= 11 is 0. The molecule has 4 nitrogen and oxygen atoms in total. The van der Waals surface area contributed by atoms with Crippen LogP contribution in [0.2, 0.25) is 0 Å². The lowest BCUT2D eigenvalue weighted by molar-refractivity contribution is 0.0252. The predicted molar refractivity (Wildman–Crippen MR) is 65.5 cm³/mol. The Morgan fingerprint density at radius 3 is 2.69 bits per heavy atom. The van der Waals surface area contributed by atoms with Crippen molar-refractivity contribution in [3.8, 4) is 0 Å². The summed E-state index contributed by atoms with van der Waals surface area (Å²) in [4.78, 5) is 0. The smallest absolute Gasteiger partial charge is 0.0928 e. The van der Waals surface area contributed by atoms with Gasteiger partial charge in [-0.2, -0.15) is 0 Å². The van der Waals surface area contributed by atoms with Gasteiger partial charge in [-0.3, -0.25) is 0 Å². The van der Waals surface area contributed by atoms with E-state index in [-0.39, 0.29) is 6.10 Å². The van der Waals surface area contributed by atoms with E-state index in [1.54, 1.807) is 14.2 Å². The van der Waals surface area contributed by atoms with Gasteiger partial charge in [0.15, 0.2) is 0 Å². The van der Waals surface area contributed by atoms with Crippen LogP contribution in [0.3, 0.4) is 0 Å². The molecule has 0 bridgehead atoms. The molecule has 0 aromatic carbocycles. The molecule has 0 aromatic rings. The van der Waals surface area contributed by atoms with Gasteiger partial charge >= 0.3 is 0 Å². The summed E-state index contributed by atoms with van der Waals surface area (Å²) in [6, 6.07) is 0.563. The van der Waals surface area contributed by atoms with Crippen LogP contribution in [0.15, 0.2) is 0 Å². The topological polar surface area (TPSA) is 56.5 Å². The van der Waals surface area contributed by atoms with Crippen LogP contribution in [0.4, 0.5) is 0 Å². The number of nitrogens with two attached hydrogens (primary N) is 1. The summed E-state index contributed by atoms with van der Waals surface area (Å²) in [5.74, 6) is 0.633. The first kappa shape index (κ1) is 13.9. The lowest BCUT2D eigenvalue weighted by Gasteiger charge is -2.32. The molecule has 0 aromatic heterocycles. The van der Waals surface area contributed by atoms with Gasteiger partial charge in [-0.1, -0.05) is 12.8 Å². The molecule has 16 heavy (non-hydrogen) atoms. The van der Waals surface area contributed by atoms with Gasteiger partial charge in [0.05, 0.1) is 12.7 Å². The van der Waals surface area contributed by atoms with E-state index in [4.69, 9.17) is 15.2 Å². The first-order valence-corrected chi connectivity index (χ1v) is 6.27. The van der Waals surface area contributed by atoms with E-state index in [0.717, 1.165) is 13.1 Å². The van der Waals surface area contributed by atoms with Gasteiger partial charge in [-0.05, 0) is 25.3 Å². The molecule has 0 aliphatic heterocycles. The molecule has 1 aliphatic carbocycles. The highest BCUT2D eigenvalue weighted by Gasteiger charge is 2.24. The fraction of sp³-hybridized carbons (Fsp3) is 1.00. The third-order valence-corrected chi connectivity index (χ3v) is 3.51. The average Bonchev–Trinajstić information content (AvgIpc) is 2.34. The van der Waals surface area contributed by atoms with E-state index in [1.165, 1.54) is 25.7 Å². The molecule has 0 amide bonds. The second kappa shape index (κ2) is 8.01. The fourth-order valence-corrected chi connectivity index (χ4v) is 2.44. The average molecular weight is 230 g/mol. The monoisotopic (exact) mass is 230 g/mol. The maximum Gasteiger partial charge on any atom is 0.0928 e. The molecule has 4 heteroatoms. The summed E-state index contributed by atoms with van der Waals surface area (Å²) in [5, 5.41) is 3.57. The third-order valence-electron chi connectivity index (χ3n) is 3.51. The van der Waals surface area contributed by atoms with Crippen LogP contribution in [-0.2, 0) is 9.47 Å². The Kier molecular flexibility index (Phi) is 6.96. The summed E-state index contributed by atoms with van der Waals surface area (Å²) in [7, 11) is 3.43. The predicted octanol–water partition coefficient (Wildman–Crippen LogP) is 0.755. The summed E-state index contributed by atoms with van der Waals surface area (Å²) < 4.78 is 10.4. The lowest BCUT2D eigenvalue weighted by atomic mass is 9.84. The van der Waals surface area contributed by atoms with Crippen molar-refractivity contribution in [2.75, 3.05) is 33.9 Å². The van der Waals surface area contributed by atoms with E-state index in [2.05, 4.69) is 5.32 Å². The normalized spacial score (nSPS) is 27.9. The minimum atomic E-state index is 0.144. The largest absolute Gasteiger partial charge is 0.382 e. The van der Waals surface area contributed by atoms with Crippen molar-refractivity contribution in [2.24, 2.45) is 11.7 Å². The van der Waals surface area contributed by atoms with Crippen LogP contribution in [0.25, 0.3) is 0 Å². The van der Waals surface area contributed by atoms with Crippen LogP contribution >= 0.6 is 0 Å². The molecule has 0 spiro atoms. The molecule has 3 atom stereocenters. The Balaban J connectivity index is 2.28.